The molecule has 3 aliphatic rings. The number of oxazole rings is 1. The third kappa shape index (κ3) is 6.94. The first-order chi connectivity index (χ1) is 25.7. The van der Waals surface area contributed by atoms with Crippen LogP contribution in [0.2, 0.25) is 10.0 Å². The summed E-state index contributed by atoms with van der Waals surface area (Å²) >= 11 is 13.9. The zero-order valence-electron chi connectivity index (χ0n) is 29.0. The van der Waals surface area contributed by atoms with Crippen LogP contribution in [0.3, 0.4) is 0 Å². The van der Waals surface area contributed by atoms with Gasteiger partial charge in [-0.25, -0.2) is 4.98 Å². The van der Waals surface area contributed by atoms with Crippen LogP contribution in [0.4, 0.5) is 0 Å². The van der Waals surface area contributed by atoms with E-state index < -0.39 is 5.97 Å². The second-order valence-corrected chi connectivity index (χ2v) is 14.8. The van der Waals surface area contributed by atoms with Crippen LogP contribution < -0.4 is 9.47 Å². The highest BCUT2D eigenvalue weighted by molar-refractivity contribution is 6.36. The van der Waals surface area contributed by atoms with Crippen molar-refractivity contribution in [3.8, 4) is 40.4 Å². The molecule has 0 radical (unpaired) electrons. The molecule has 5 aromatic rings. The van der Waals surface area contributed by atoms with Gasteiger partial charge in [-0.05, 0) is 78.7 Å². The van der Waals surface area contributed by atoms with Gasteiger partial charge in [-0.1, -0.05) is 53.5 Å². The molecule has 0 bridgehead atoms. The molecule has 8 rings (SSSR count). The number of aliphatic carboxylic acids is 1. The molecule has 2 aliphatic heterocycles. The molecule has 2 fully saturated rings. The minimum absolute atomic E-state index is 0.272. The SMILES string of the molecule is COc1nc(O[C@@H]2CCc3c(-c4cccc(-c5nc6cc(CN7CC[C@@H](O)C7)cc(C#N)c6o5)c4Cl)cccc32)c(Cl)cc1CN1CC[C@@H](C(=O)O)C1. The van der Waals surface area contributed by atoms with E-state index in [1.54, 1.807) is 13.2 Å². The third-order valence-electron chi connectivity index (χ3n) is 10.5. The number of ether oxygens (including phenoxy) is 2. The van der Waals surface area contributed by atoms with Gasteiger partial charge in [0.25, 0.3) is 0 Å². The number of methoxy groups -OCH3 is 1. The van der Waals surface area contributed by atoms with Crippen molar-refractivity contribution in [3.05, 3.63) is 92.5 Å². The molecule has 0 amide bonds. The van der Waals surface area contributed by atoms with Crippen LogP contribution in [-0.2, 0) is 24.3 Å². The Labute approximate surface area is 316 Å². The molecule has 3 atom stereocenters. The first-order valence-electron chi connectivity index (χ1n) is 17.7. The van der Waals surface area contributed by atoms with Crippen molar-refractivity contribution < 1.29 is 28.9 Å². The van der Waals surface area contributed by atoms with Crippen LogP contribution in [-0.4, -0.2) is 75.3 Å². The number of aromatic nitrogens is 2. The fourth-order valence-corrected chi connectivity index (χ4v) is 8.44. The van der Waals surface area contributed by atoms with Crippen LogP contribution in [0.25, 0.3) is 33.7 Å². The fraction of sp³-hybridized carbons (Fsp3) is 0.350. The quantitative estimate of drug-likeness (QED) is 0.148. The van der Waals surface area contributed by atoms with Gasteiger partial charge in [0.2, 0.25) is 17.7 Å². The Hall–Kier alpha value is -4.70. The summed E-state index contributed by atoms with van der Waals surface area (Å²) in [4.78, 5) is 25.1. The maximum absolute atomic E-state index is 11.4. The number of benzene rings is 3. The Morgan fingerprint density at radius 3 is 2.51 bits per heavy atom. The average Bonchev–Trinajstić information content (AvgIpc) is 3.96. The molecule has 2 N–H and O–H groups in total. The molecule has 4 heterocycles. The molecule has 2 aromatic heterocycles. The van der Waals surface area contributed by atoms with Gasteiger partial charge in [-0.3, -0.25) is 14.6 Å². The number of likely N-dealkylation sites (tertiary alicyclic amines) is 2. The van der Waals surface area contributed by atoms with Crippen molar-refractivity contribution in [1.29, 1.82) is 5.26 Å². The number of carboxylic acids is 1. The minimum atomic E-state index is -0.780. The Morgan fingerprint density at radius 2 is 1.75 bits per heavy atom. The van der Waals surface area contributed by atoms with Gasteiger partial charge >= 0.3 is 5.97 Å². The molecule has 2 saturated heterocycles. The van der Waals surface area contributed by atoms with Crippen molar-refractivity contribution >= 4 is 40.3 Å². The molecular formula is C40H37Cl2N5O6. The number of β-amino-alcohol motifs (C(OH)–C–C–N with tert-alkyl or cyclic N) is 1. The van der Waals surface area contributed by atoms with Gasteiger partial charge in [0.1, 0.15) is 22.7 Å². The minimum Gasteiger partial charge on any atom is -0.481 e. The lowest BCUT2D eigenvalue weighted by Gasteiger charge is -2.20. The van der Waals surface area contributed by atoms with E-state index in [2.05, 4.69) is 20.9 Å². The molecule has 0 unspecified atom stereocenters. The number of pyridine rings is 1. The molecule has 272 valence electrons. The molecule has 0 spiro atoms. The maximum Gasteiger partial charge on any atom is 0.307 e. The predicted octanol–water partition coefficient (Wildman–Crippen LogP) is 7.28. The van der Waals surface area contributed by atoms with Gasteiger partial charge in [0, 0.05) is 43.9 Å². The molecule has 0 saturated carbocycles. The number of carboxylic acid groups (broad SMARTS) is 1. The van der Waals surface area contributed by atoms with Gasteiger partial charge in [-0.15, -0.1) is 0 Å². The van der Waals surface area contributed by atoms with Gasteiger partial charge in [-0.2, -0.15) is 10.2 Å². The van der Waals surface area contributed by atoms with E-state index in [-0.39, 0.29) is 24.0 Å². The molecule has 13 heteroatoms. The monoisotopic (exact) mass is 753 g/mol. The summed E-state index contributed by atoms with van der Waals surface area (Å²) in [6, 6.07) is 19.6. The van der Waals surface area contributed by atoms with E-state index in [0.29, 0.717) is 89.6 Å². The van der Waals surface area contributed by atoms with E-state index in [9.17, 15) is 20.3 Å². The number of hydrogen-bond acceptors (Lipinski definition) is 10. The van der Waals surface area contributed by atoms with Crippen LogP contribution in [0.1, 0.15) is 53.2 Å². The smallest absolute Gasteiger partial charge is 0.307 e. The lowest BCUT2D eigenvalue weighted by molar-refractivity contribution is -0.141. The summed E-state index contributed by atoms with van der Waals surface area (Å²) in [7, 11) is 1.55. The summed E-state index contributed by atoms with van der Waals surface area (Å²) < 4.78 is 18.3. The van der Waals surface area contributed by atoms with E-state index in [0.717, 1.165) is 52.8 Å². The number of fused-ring (bicyclic) bond motifs is 2. The number of halogens is 2. The molecule has 3 aromatic carbocycles. The number of nitriles is 1. The van der Waals surface area contributed by atoms with Crippen LogP contribution in [0, 0.1) is 17.2 Å². The zero-order chi connectivity index (χ0) is 36.8. The summed E-state index contributed by atoms with van der Waals surface area (Å²) in [6.07, 6.45) is 2.16. The standard InChI is InChI=1S/C40H37Cl2N5O6/c1-51-37-25(20-47-12-10-23(19-47)40(49)50)16-32(41)39(45-37)52-34-9-8-28-27(4-2-5-29(28)34)30-6-3-7-31(35(30)42)38-44-33-15-22(14-24(17-43)36(33)53-38)18-46-13-11-26(48)21-46/h2-7,14-16,23,26,34,48H,8-13,18-21H2,1H3,(H,49,50)/t23-,26-,34-/m1/s1. The lowest BCUT2D eigenvalue weighted by atomic mass is 9.95. The van der Waals surface area contributed by atoms with Crippen molar-refractivity contribution in [3.63, 3.8) is 0 Å². The van der Waals surface area contributed by atoms with Gasteiger partial charge in [0.15, 0.2) is 5.58 Å². The van der Waals surface area contributed by atoms with Crippen LogP contribution in [0.5, 0.6) is 11.8 Å². The Balaban J connectivity index is 1.05. The second kappa shape index (κ2) is 14.6. The van der Waals surface area contributed by atoms with Crippen LogP contribution in [0.15, 0.2) is 59.0 Å². The Morgan fingerprint density at radius 1 is 0.981 bits per heavy atom. The van der Waals surface area contributed by atoms with E-state index in [4.69, 9.17) is 42.1 Å². The van der Waals surface area contributed by atoms with Crippen molar-refractivity contribution in [2.24, 2.45) is 5.92 Å². The molecule has 11 nitrogen and oxygen atoms in total. The number of rotatable bonds is 10. The highest BCUT2D eigenvalue weighted by atomic mass is 35.5. The third-order valence-corrected chi connectivity index (χ3v) is 11.2. The number of hydrogen-bond donors (Lipinski definition) is 2. The van der Waals surface area contributed by atoms with Crippen molar-refractivity contribution in [2.75, 3.05) is 33.3 Å². The topological polar surface area (TPSA) is 145 Å². The van der Waals surface area contributed by atoms with Gasteiger partial charge < -0.3 is 24.1 Å². The first-order valence-corrected chi connectivity index (χ1v) is 18.4. The summed E-state index contributed by atoms with van der Waals surface area (Å²) in [5, 5.41) is 30.2. The number of carbonyl (C=O) groups is 1. The second-order valence-electron chi connectivity index (χ2n) is 14.0. The largest absolute Gasteiger partial charge is 0.481 e. The van der Waals surface area contributed by atoms with E-state index >= 15 is 0 Å². The highest BCUT2D eigenvalue weighted by Gasteiger charge is 2.31. The lowest BCUT2D eigenvalue weighted by Crippen LogP contribution is -2.23. The zero-order valence-corrected chi connectivity index (χ0v) is 30.5. The summed E-state index contributed by atoms with van der Waals surface area (Å²) in [5.74, 6) is -0.169. The van der Waals surface area contributed by atoms with E-state index in [1.165, 1.54) is 0 Å². The summed E-state index contributed by atoms with van der Waals surface area (Å²) in [5.41, 5.74) is 7.64. The fourth-order valence-electron chi connectivity index (χ4n) is 7.91. The number of nitrogens with zero attached hydrogens (tertiary/aromatic N) is 5. The number of aliphatic hydroxyl groups excluding tert-OH is 1. The van der Waals surface area contributed by atoms with Crippen molar-refractivity contribution in [1.82, 2.24) is 19.8 Å². The molecule has 1 aliphatic carbocycles. The summed E-state index contributed by atoms with van der Waals surface area (Å²) in [6.45, 7) is 3.63. The predicted molar refractivity (Wildman–Crippen MR) is 199 cm³/mol. The first kappa shape index (κ1) is 35.3. The maximum atomic E-state index is 11.4. The van der Waals surface area contributed by atoms with E-state index in [1.807, 2.05) is 48.5 Å². The van der Waals surface area contributed by atoms with Gasteiger partial charge in [0.05, 0.1) is 35.3 Å². The Kier molecular flexibility index (Phi) is 9.74. The average molecular weight is 755 g/mol. The highest BCUT2D eigenvalue weighted by Crippen LogP contribution is 2.45. The molecule has 53 heavy (non-hydrogen) atoms. The van der Waals surface area contributed by atoms with Crippen LogP contribution >= 0.6 is 23.2 Å². The van der Waals surface area contributed by atoms with Crippen molar-refractivity contribution in [2.45, 2.75) is 51.0 Å². The number of aliphatic hydroxyl groups is 1. The molecular weight excluding hydrogens is 717 g/mol. The normalized spacial score (nSPS) is 20.2. The Bertz CT molecular complexity index is 2270.